The van der Waals surface area contributed by atoms with Crippen LogP contribution in [0.5, 0.6) is 5.75 Å². The van der Waals surface area contributed by atoms with Gasteiger partial charge in [0, 0.05) is 31.2 Å². The lowest BCUT2D eigenvalue weighted by atomic mass is 10.2. The fourth-order valence-electron chi connectivity index (χ4n) is 2.99. The molecule has 118 valence electrons. The first-order valence-electron chi connectivity index (χ1n) is 8.00. The van der Waals surface area contributed by atoms with Gasteiger partial charge in [-0.3, -0.25) is 0 Å². The number of hydrogen-bond donors (Lipinski definition) is 1. The predicted octanol–water partition coefficient (Wildman–Crippen LogP) is 1.94. The van der Waals surface area contributed by atoms with Crippen LogP contribution in [-0.2, 0) is 6.54 Å². The first-order valence-corrected chi connectivity index (χ1v) is 8.00. The Kier molecular flexibility index (Phi) is 6.49. The van der Waals surface area contributed by atoms with Crippen LogP contribution in [0.15, 0.2) is 24.3 Å². The summed E-state index contributed by atoms with van der Waals surface area (Å²) >= 11 is 0. The molecule has 1 heterocycles. The standard InChI is InChI=1S/C17H29N3O/c1-19(14-16-8-5-11-20(16)2)10-6-12-21-17-9-4-3-7-15(17)13-18/h3-4,7,9,16H,5-6,8,10-14,18H2,1-2H3. The molecular weight excluding hydrogens is 262 g/mol. The quantitative estimate of drug-likeness (QED) is 0.743. The fourth-order valence-corrected chi connectivity index (χ4v) is 2.99. The summed E-state index contributed by atoms with van der Waals surface area (Å²) in [5.41, 5.74) is 6.80. The largest absolute Gasteiger partial charge is 0.493 e. The minimum absolute atomic E-state index is 0.532. The minimum Gasteiger partial charge on any atom is -0.493 e. The van der Waals surface area contributed by atoms with E-state index < -0.39 is 0 Å². The summed E-state index contributed by atoms with van der Waals surface area (Å²) in [5.74, 6) is 0.929. The van der Waals surface area contributed by atoms with E-state index >= 15 is 0 Å². The zero-order valence-corrected chi connectivity index (χ0v) is 13.4. The van der Waals surface area contributed by atoms with Crippen molar-refractivity contribution in [3.63, 3.8) is 0 Å². The molecule has 0 aromatic heterocycles. The molecule has 0 radical (unpaired) electrons. The summed E-state index contributed by atoms with van der Waals surface area (Å²) in [5, 5.41) is 0. The van der Waals surface area contributed by atoms with Crippen LogP contribution in [0.4, 0.5) is 0 Å². The van der Waals surface area contributed by atoms with E-state index in [0.29, 0.717) is 6.54 Å². The van der Waals surface area contributed by atoms with Crippen LogP contribution in [0.25, 0.3) is 0 Å². The molecule has 2 rings (SSSR count). The van der Waals surface area contributed by atoms with E-state index in [2.05, 4.69) is 23.9 Å². The second-order valence-electron chi connectivity index (χ2n) is 6.05. The third kappa shape index (κ3) is 4.99. The average molecular weight is 291 g/mol. The van der Waals surface area contributed by atoms with Crippen LogP contribution in [0.1, 0.15) is 24.8 Å². The van der Waals surface area contributed by atoms with Crippen LogP contribution in [-0.4, -0.2) is 56.2 Å². The van der Waals surface area contributed by atoms with Gasteiger partial charge in [0.05, 0.1) is 6.61 Å². The first kappa shape index (κ1) is 16.3. The van der Waals surface area contributed by atoms with Crippen LogP contribution >= 0.6 is 0 Å². The molecule has 1 aliphatic heterocycles. The van der Waals surface area contributed by atoms with E-state index in [1.807, 2.05) is 24.3 Å². The van der Waals surface area contributed by atoms with Gasteiger partial charge in [0.2, 0.25) is 0 Å². The molecule has 1 aliphatic rings. The maximum atomic E-state index is 5.85. The second kappa shape index (κ2) is 8.37. The van der Waals surface area contributed by atoms with Crippen molar-refractivity contribution in [1.29, 1.82) is 0 Å². The van der Waals surface area contributed by atoms with Crippen LogP contribution < -0.4 is 10.5 Å². The van der Waals surface area contributed by atoms with Gasteiger partial charge in [0.1, 0.15) is 5.75 Å². The number of para-hydroxylation sites is 1. The summed E-state index contributed by atoms with van der Waals surface area (Å²) < 4.78 is 5.85. The van der Waals surface area contributed by atoms with Gasteiger partial charge in [-0.05, 0) is 46.0 Å². The number of likely N-dealkylation sites (N-methyl/N-ethyl adjacent to an activating group) is 2. The molecular formula is C17H29N3O. The number of likely N-dealkylation sites (tertiary alicyclic amines) is 1. The Labute approximate surface area is 128 Å². The Hall–Kier alpha value is -1.10. The smallest absolute Gasteiger partial charge is 0.123 e. The number of rotatable bonds is 8. The Morgan fingerprint density at radius 2 is 2.19 bits per heavy atom. The van der Waals surface area contributed by atoms with Gasteiger partial charge in [-0.15, -0.1) is 0 Å². The highest BCUT2D eigenvalue weighted by Gasteiger charge is 2.21. The van der Waals surface area contributed by atoms with E-state index in [4.69, 9.17) is 10.5 Å². The molecule has 0 bridgehead atoms. The Morgan fingerprint density at radius 1 is 1.38 bits per heavy atom. The molecule has 1 saturated heterocycles. The van der Waals surface area contributed by atoms with Crippen molar-refractivity contribution in [3.8, 4) is 5.75 Å². The van der Waals surface area contributed by atoms with E-state index in [1.165, 1.54) is 19.4 Å². The summed E-state index contributed by atoms with van der Waals surface area (Å²) in [7, 11) is 4.44. The molecule has 0 amide bonds. The third-order valence-electron chi connectivity index (χ3n) is 4.33. The topological polar surface area (TPSA) is 41.7 Å². The van der Waals surface area contributed by atoms with Gasteiger partial charge < -0.3 is 20.3 Å². The molecule has 1 aromatic carbocycles. The van der Waals surface area contributed by atoms with E-state index in [-0.39, 0.29) is 0 Å². The number of nitrogens with two attached hydrogens (primary N) is 1. The van der Waals surface area contributed by atoms with E-state index in [1.54, 1.807) is 0 Å². The molecule has 4 heteroatoms. The van der Waals surface area contributed by atoms with Crippen molar-refractivity contribution in [2.75, 3.05) is 40.3 Å². The summed E-state index contributed by atoms with van der Waals surface area (Å²) in [6, 6.07) is 8.75. The third-order valence-corrected chi connectivity index (χ3v) is 4.33. The number of ether oxygens (including phenoxy) is 1. The molecule has 1 fully saturated rings. The lowest BCUT2D eigenvalue weighted by Crippen LogP contribution is -2.37. The predicted molar refractivity (Wildman–Crippen MR) is 87.6 cm³/mol. The van der Waals surface area contributed by atoms with Crippen LogP contribution in [0.2, 0.25) is 0 Å². The summed E-state index contributed by atoms with van der Waals surface area (Å²) in [6.45, 7) is 4.77. The Morgan fingerprint density at radius 3 is 2.90 bits per heavy atom. The minimum atomic E-state index is 0.532. The molecule has 0 saturated carbocycles. The molecule has 1 aromatic rings. The molecule has 2 N–H and O–H groups in total. The van der Waals surface area contributed by atoms with Crippen LogP contribution in [0.3, 0.4) is 0 Å². The monoisotopic (exact) mass is 291 g/mol. The van der Waals surface area contributed by atoms with Crippen molar-refractivity contribution < 1.29 is 4.74 Å². The molecule has 0 aliphatic carbocycles. The van der Waals surface area contributed by atoms with Gasteiger partial charge in [0.15, 0.2) is 0 Å². The molecule has 1 unspecified atom stereocenters. The highest BCUT2D eigenvalue weighted by molar-refractivity contribution is 5.32. The van der Waals surface area contributed by atoms with Crippen molar-refractivity contribution >= 4 is 0 Å². The van der Waals surface area contributed by atoms with Crippen molar-refractivity contribution in [2.24, 2.45) is 5.73 Å². The SMILES string of the molecule is CN(CCCOc1ccccc1CN)CC1CCCN1C. The van der Waals surface area contributed by atoms with Gasteiger partial charge in [0.25, 0.3) is 0 Å². The lowest BCUT2D eigenvalue weighted by Gasteiger charge is -2.25. The fraction of sp³-hybridized carbons (Fsp3) is 0.647. The van der Waals surface area contributed by atoms with Crippen LogP contribution in [0, 0.1) is 0 Å². The Bertz CT molecular complexity index is 424. The average Bonchev–Trinajstić information content (AvgIpc) is 2.89. The van der Waals surface area contributed by atoms with E-state index in [0.717, 1.165) is 43.5 Å². The number of nitrogens with zero attached hydrogens (tertiary/aromatic N) is 2. The molecule has 0 spiro atoms. The van der Waals surface area contributed by atoms with Gasteiger partial charge in [-0.1, -0.05) is 18.2 Å². The van der Waals surface area contributed by atoms with Gasteiger partial charge in [-0.25, -0.2) is 0 Å². The number of benzene rings is 1. The van der Waals surface area contributed by atoms with Crippen molar-refractivity contribution in [2.45, 2.75) is 31.8 Å². The normalized spacial score (nSPS) is 19.3. The molecule has 4 nitrogen and oxygen atoms in total. The Balaban J connectivity index is 1.65. The molecule has 1 atom stereocenters. The number of hydrogen-bond acceptors (Lipinski definition) is 4. The lowest BCUT2D eigenvalue weighted by molar-refractivity contribution is 0.205. The maximum Gasteiger partial charge on any atom is 0.123 e. The zero-order chi connectivity index (χ0) is 15.1. The van der Waals surface area contributed by atoms with Gasteiger partial charge >= 0.3 is 0 Å². The van der Waals surface area contributed by atoms with Crippen molar-refractivity contribution in [3.05, 3.63) is 29.8 Å². The zero-order valence-electron chi connectivity index (χ0n) is 13.4. The molecule has 21 heavy (non-hydrogen) atoms. The van der Waals surface area contributed by atoms with E-state index in [9.17, 15) is 0 Å². The van der Waals surface area contributed by atoms with Gasteiger partial charge in [-0.2, -0.15) is 0 Å². The second-order valence-corrected chi connectivity index (χ2v) is 6.05. The van der Waals surface area contributed by atoms with Crippen molar-refractivity contribution in [1.82, 2.24) is 9.80 Å². The first-order chi connectivity index (χ1) is 10.2. The summed E-state index contributed by atoms with van der Waals surface area (Å²) in [4.78, 5) is 4.90. The highest BCUT2D eigenvalue weighted by Crippen LogP contribution is 2.17. The maximum absolute atomic E-state index is 5.85. The summed E-state index contributed by atoms with van der Waals surface area (Å²) in [6.07, 6.45) is 3.72. The highest BCUT2D eigenvalue weighted by atomic mass is 16.5.